The molecule has 0 unspecified atom stereocenters. The predicted molar refractivity (Wildman–Crippen MR) is 99.5 cm³/mol. The van der Waals surface area contributed by atoms with E-state index in [1.807, 2.05) is 0 Å². The smallest absolute Gasteiger partial charge is 0.270 e. The van der Waals surface area contributed by atoms with Crippen LogP contribution < -0.4 is 5.32 Å². The lowest BCUT2D eigenvalue weighted by molar-refractivity contribution is 0.0943. The van der Waals surface area contributed by atoms with Gasteiger partial charge in [-0.05, 0) is 49.2 Å². The summed E-state index contributed by atoms with van der Waals surface area (Å²) in [6.07, 6.45) is 1.93. The third-order valence-corrected chi connectivity index (χ3v) is 4.89. The van der Waals surface area contributed by atoms with Gasteiger partial charge in [-0.25, -0.2) is 9.07 Å². The fourth-order valence-corrected chi connectivity index (χ4v) is 2.94. The maximum absolute atomic E-state index is 14.2. The first-order valence-corrected chi connectivity index (χ1v) is 8.90. The third-order valence-electron chi connectivity index (χ3n) is 4.15. The Morgan fingerprint density at radius 1 is 1.12 bits per heavy atom. The van der Waals surface area contributed by atoms with E-state index in [4.69, 9.17) is 23.2 Å². The van der Waals surface area contributed by atoms with Crippen molar-refractivity contribution in [2.75, 3.05) is 0 Å². The van der Waals surface area contributed by atoms with E-state index >= 15 is 0 Å². The quantitative estimate of drug-likeness (QED) is 0.691. The predicted octanol–water partition coefficient (Wildman–Crippen LogP) is 4.88. The number of hydrogen-bond donors (Lipinski definition) is 1. The van der Waals surface area contributed by atoms with Crippen molar-refractivity contribution in [3.05, 3.63) is 70.1 Å². The summed E-state index contributed by atoms with van der Waals surface area (Å²) in [6, 6.07) is 13.0. The maximum Gasteiger partial charge on any atom is 0.270 e. The number of nitrogens with one attached hydrogen (secondary N) is 1. The molecule has 26 heavy (non-hydrogen) atoms. The number of hydrogen-bond acceptors (Lipinski definition) is 2. The van der Waals surface area contributed by atoms with Crippen molar-refractivity contribution in [2.45, 2.75) is 18.9 Å². The Morgan fingerprint density at radius 3 is 2.58 bits per heavy atom. The van der Waals surface area contributed by atoms with Crippen molar-refractivity contribution in [3.8, 4) is 16.9 Å². The molecule has 1 N–H and O–H groups in total. The molecule has 1 saturated carbocycles. The Morgan fingerprint density at radius 2 is 1.88 bits per heavy atom. The van der Waals surface area contributed by atoms with E-state index in [0.29, 0.717) is 32.7 Å². The summed E-state index contributed by atoms with van der Waals surface area (Å²) in [4.78, 5) is 12.6. The molecule has 0 aliphatic heterocycles. The highest BCUT2D eigenvalue weighted by Gasteiger charge is 2.27. The molecule has 1 amide bonds. The average molecular weight is 390 g/mol. The van der Waals surface area contributed by atoms with Crippen LogP contribution in [0.25, 0.3) is 16.9 Å². The summed E-state index contributed by atoms with van der Waals surface area (Å²) in [7, 11) is 0. The van der Waals surface area contributed by atoms with Crippen molar-refractivity contribution in [2.24, 2.45) is 0 Å². The molecular weight excluding hydrogens is 376 g/mol. The van der Waals surface area contributed by atoms with Gasteiger partial charge in [0, 0.05) is 11.6 Å². The summed E-state index contributed by atoms with van der Waals surface area (Å²) < 4.78 is 15.6. The molecule has 2 aromatic carbocycles. The van der Waals surface area contributed by atoms with Gasteiger partial charge in [-0.2, -0.15) is 5.10 Å². The van der Waals surface area contributed by atoms with Crippen LogP contribution in [0.2, 0.25) is 10.0 Å². The fraction of sp³-hybridized carbons (Fsp3) is 0.158. The Bertz CT molecular complexity index is 998. The Labute approximate surface area is 159 Å². The molecule has 1 aliphatic rings. The first-order chi connectivity index (χ1) is 12.5. The second-order valence-corrected chi connectivity index (χ2v) is 6.97. The van der Waals surface area contributed by atoms with Crippen molar-refractivity contribution in [1.29, 1.82) is 0 Å². The first-order valence-electron chi connectivity index (χ1n) is 8.14. The number of rotatable bonds is 4. The number of carbonyl (C=O) groups is 1. The van der Waals surface area contributed by atoms with Gasteiger partial charge in [-0.3, -0.25) is 4.79 Å². The highest BCUT2D eigenvalue weighted by atomic mass is 35.5. The largest absolute Gasteiger partial charge is 0.348 e. The molecule has 1 aromatic heterocycles. The Balaban J connectivity index is 1.83. The van der Waals surface area contributed by atoms with Crippen LogP contribution in [0.1, 0.15) is 23.3 Å². The van der Waals surface area contributed by atoms with Gasteiger partial charge in [0.05, 0.1) is 21.4 Å². The minimum Gasteiger partial charge on any atom is -0.348 e. The molecule has 3 aromatic rings. The third kappa shape index (κ3) is 3.32. The van der Waals surface area contributed by atoms with Crippen LogP contribution in [0.15, 0.2) is 48.5 Å². The van der Waals surface area contributed by atoms with E-state index in [2.05, 4.69) is 10.4 Å². The summed E-state index contributed by atoms with van der Waals surface area (Å²) >= 11 is 12.1. The van der Waals surface area contributed by atoms with Crippen molar-refractivity contribution < 1.29 is 9.18 Å². The number of amides is 1. The summed E-state index contributed by atoms with van der Waals surface area (Å²) in [5, 5.41) is 8.13. The molecule has 7 heteroatoms. The Kier molecular flexibility index (Phi) is 4.42. The summed E-state index contributed by atoms with van der Waals surface area (Å²) in [6.45, 7) is 0. The van der Waals surface area contributed by atoms with Gasteiger partial charge in [0.2, 0.25) is 0 Å². The number of nitrogens with zero attached hydrogens (tertiary/aromatic N) is 2. The van der Waals surface area contributed by atoms with E-state index in [-0.39, 0.29) is 11.9 Å². The zero-order valence-corrected chi connectivity index (χ0v) is 15.1. The van der Waals surface area contributed by atoms with Crippen LogP contribution in [0, 0.1) is 5.82 Å². The van der Waals surface area contributed by atoms with Crippen molar-refractivity contribution in [3.63, 3.8) is 0 Å². The van der Waals surface area contributed by atoms with E-state index in [1.54, 1.807) is 42.5 Å². The number of carbonyl (C=O) groups excluding carboxylic acids is 1. The number of benzene rings is 2. The first kappa shape index (κ1) is 17.1. The molecule has 4 nitrogen and oxygen atoms in total. The molecule has 4 rings (SSSR count). The minimum absolute atomic E-state index is 0.191. The van der Waals surface area contributed by atoms with Crippen molar-refractivity contribution >= 4 is 29.1 Å². The number of halogens is 3. The zero-order chi connectivity index (χ0) is 18.3. The second kappa shape index (κ2) is 6.74. The number of aromatic nitrogens is 2. The van der Waals surface area contributed by atoms with Crippen LogP contribution in [0.3, 0.4) is 0 Å². The normalized spacial score (nSPS) is 13.7. The minimum atomic E-state index is -0.402. The average Bonchev–Trinajstić information content (AvgIpc) is 3.32. The van der Waals surface area contributed by atoms with E-state index in [9.17, 15) is 9.18 Å². The van der Waals surface area contributed by atoms with E-state index in [0.717, 1.165) is 12.8 Å². The van der Waals surface area contributed by atoms with Gasteiger partial charge in [-0.1, -0.05) is 35.3 Å². The second-order valence-electron chi connectivity index (χ2n) is 6.15. The fourth-order valence-electron chi connectivity index (χ4n) is 2.64. The highest BCUT2D eigenvalue weighted by molar-refractivity contribution is 6.42. The molecule has 0 saturated heterocycles. The maximum atomic E-state index is 14.2. The monoisotopic (exact) mass is 389 g/mol. The van der Waals surface area contributed by atoms with Gasteiger partial charge in [0.25, 0.3) is 5.91 Å². The molecule has 132 valence electrons. The zero-order valence-electron chi connectivity index (χ0n) is 13.5. The van der Waals surface area contributed by atoms with Gasteiger partial charge >= 0.3 is 0 Å². The lowest BCUT2D eigenvalue weighted by atomic mass is 10.1. The molecule has 0 atom stereocenters. The van der Waals surface area contributed by atoms with E-state index in [1.165, 1.54) is 10.7 Å². The van der Waals surface area contributed by atoms with E-state index < -0.39 is 5.82 Å². The summed E-state index contributed by atoms with van der Waals surface area (Å²) in [5.74, 6) is -0.658. The highest BCUT2D eigenvalue weighted by Crippen LogP contribution is 2.28. The molecule has 0 radical (unpaired) electrons. The van der Waals surface area contributed by atoms with Gasteiger partial charge in [-0.15, -0.1) is 0 Å². The van der Waals surface area contributed by atoms with Gasteiger partial charge < -0.3 is 5.32 Å². The molecule has 1 fully saturated rings. The topological polar surface area (TPSA) is 46.9 Å². The Hall–Kier alpha value is -2.37. The molecule has 0 bridgehead atoms. The molecular formula is C19H14Cl2FN3O. The standard InChI is InChI=1S/C19H14Cl2FN3O/c20-14-8-7-12(9-15(14)21)25-18(19(26)23-11-5-6-11)10-17(24-25)13-3-1-2-4-16(13)22/h1-4,7-11H,5-6H2,(H,23,26). The lowest BCUT2D eigenvalue weighted by Crippen LogP contribution is -2.27. The van der Waals surface area contributed by atoms with Gasteiger partial charge in [0.15, 0.2) is 0 Å². The van der Waals surface area contributed by atoms with Gasteiger partial charge in [0.1, 0.15) is 11.5 Å². The van der Waals surface area contributed by atoms with Crippen LogP contribution >= 0.6 is 23.2 Å². The summed E-state index contributed by atoms with van der Waals surface area (Å²) in [5.41, 5.74) is 1.58. The van der Waals surface area contributed by atoms with Crippen LogP contribution in [-0.2, 0) is 0 Å². The van der Waals surface area contributed by atoms with Crippen molar-refractivity contribution in [1.82, 2.24) is 15.1 Å². The molecule has 0 spiro atoms. The molecule has 1 heterocycles. The molecule has 1 aliphatic carbocycles. The SMILES string of the molecule is O=C(NC1CC1)c1cc(-c2ccccc2F)nn1-c1ccc(Cl)c(Cl)c1. The van der Waals surface area contributed by atoms with Crippen LogP contribution in [0.4, 0.5) is 4.39 Å². The lowest BCUT2D eigenvalue weighted by Gasteiger charge is -2.08. The van der Waals surface area contributed by atoms with Crippen LogP contribution in [0.5, 0.6) is 0 Å². The van der Waals surface area contributed by atoms with Crippen LogP contribution in [-0.4, -0.2) is 21.7 Å².